The van der Waals surface area contributed by atoms with Crippen LogP contribution in [0, 0.1) is 5.41 Å². The van der Waals surface area contributed by atoms with Crippen LogP contribution >= 0.6 is 0 Å². The van der Waals surface area contributed by atoms with Crippen molar-refractivity contribution in [2.75, 3.05) is 6.61 Å². The van der Waals surface area contributed by atoms with E-state index >= 15 is 0 Å². The lowest BCUT2D eigenvalue weighted by molar-refractivity contribution is -0.132. The summed E-state index contributed by atoms with van der Waals surface area (Å²) in [6, 6.07) is 5.22. The molecule has 3 nitrogen and oxygen atoms in total. The monoisotopic (exact) mass is 274 g/mol. The van der Waals surface area contributed by atoms with E-state index in [0.717, 1.165) is 6.61 Å². The molecule has 1 aromatic rings. The van der Waals surface area contributed by atoms with Crippen molar-refractivity contribution in [1.29, 1.82) is 0 Å². The largest absolute Gasteiger partial charge is 0.378 e. The standard InChI is InChI=1S/C17H26N2O/c1-3-20-16-12-15(17(16)8-4-5-9-17)19-13(2)14-6-10-18-11-7-14/h6-7,10-11,13,15-16,19H,3-5,8-9,12H2,1-2H3/t13-,15?,16?/m1/s1. The highest BCUT2D eigenvalue weighted by Crippen LogP contribution is 2.55. The van der Waals surface area contributed by atoms with Crippen LogP contribution in [0.5, 0.6) is 0 Å². The zero-order valence-corrected chi connectivity index (χ0v) is 12.6. The minimum absolute atomic E-state index is 0.392. The Morgan fingerprint density at radius 3 is 2.70 bits per heavy atom. The fourth-order valence-corrected chi connectivity index (χ4v) is 4.17. The predicted molar refractivity (Wildman–Crippen MR) is 80.5 cm³/mol. The van der Waals surface area contributed by atoms with Crippen molar-refractivity contribution < 1.29 is 4.74 Å². The molecule has 0 aromatic carbocycles. The molecule has 0 bridgehead atoms. The summed E-state index contributed by atoms with van der Waals surface area (Å²) in [5.41, 5.74) is 1.74. The van der Waals surface area contributed by atoms with Gasteiger partial charge in [-0.1, -0.05) is 12.8 Å². The molecule has 20 heavy (non-hydrogen) atoms. The molecule has 0 saturated heterocycles. The van der Waals surface area contributed by atoms with Gasteiger partial charge in [0, 0.05) is 36.5 Å². The van der Waals surface area contributed by atoms with Crippen LogP contribution in [0.4, 0.5) is 0 Å². The van der Waals surface area contributed by atoms with Crippen LogP contribution in [0.2, 0.25) is 0 Å². The van der Waals surface area contributed by atoms with Gasteiger partial charge in [0.15, 0.2) is 0 Å². The number of rotatable bonds is 5. The summed E-state index contributed by atoms with van der Waals surface area (Å²) in [6.45, 7) is 5.22. The average molecular weight is 274 g/mol. The zero-order valence-electron chi connectivity index (χ0n) is 12.6. The number of aromatic nitrogens is 1. The minimum Gasteiger partial charge on any atom is -0.378 e. The van der Waals surface area contributed by atoms with Gasteiger partial charge in [-0.2, -0.15) is 0 Å². The first-order valence-electron chi connectivity index (χ1n) is 8.04. The second-order valence-corrected chi connectivity index (χ2v) is 6.34. The smallest absolute Gasteiger partial charge is 0.0661 e. The van der Waals surface area contributed by atoms with E-state index in [4.69, 9.17) is 4.74 Å². The normalized spacial score (nSPS) is 29.3. The number of nitrogens with zero attached hydrogens (tertiary/aromatic N) is 1. The molecule has 110 valence electrons. The van der Waals surface area contributed by atoms with Gasteiger partial charge in [0.1, 0.15) is 0 Å². The molecular formula is C17H26N2O. The summed E-state index contributed by atoms with van der Waals surface area (Å²) in [6.07, 6.45) is 10.8. The van der Waals surface area contributed by atoms with E-state index in [1.165, 1.54) is 37.7 Å². The number of nitrogens with one attached hydrogen (secondary N) is 1. The number of hydrogen-bond donors (Lipinski definition) is 1. The van der Waals surface area contributed by atoms with Crippen LogP contribution in [0.3, 0.4) is 0 Å². The van der Waals surface area contributed by atoms with E-state index in [1.807, 2.05) is 12.4 Å². The van der Waals surface area contributed by atoms with Crippen LogP contribution in [-0.2, 0) is 4.74 Å². The Labute approximate surface area is 122 Å². The molecule has 1 N–H and O–H groups in total. The molecule has 2 fully saturated rings. The molecule has 1 spiro atoms. The van der Waals surface area contributed by atoms with Crippen LogP contribution in [-0.4, -0.2) is 23.7 Å². The molecular weight excluding hydrogens is 248 g/mol. The molecule has 2 unspecified atom stereocenters. The maximum Gasteiger partial charge on any atom is 0.0661 e. The second-order valence-electron chi connectivity index (χ2n) is 6.34. The van der Waals surface area contributed by atoms with Gasteiger partial charge in [-0.25, -0.2) is 0 Å². The molecule has 3 rings (SSSR count). The van der Waals surface area contributed by atoms with Gasteiger partial charge in [-0.3, -0.25) is 4.98 Å². The first kappa shape index (κ1) is 14.0. The molecule has 2 saturated carbocycles. The highest BCUT2D eigenvalue weighted by molar-refractivity contribution is 5.17. The molecule has 2 aliphatic carbocycles. The Kier molecular flexibility index (Phi) is 4.08. The van der Waals surface area contributed by atoms with Crippen molar-refractivity contribution in [3.63, 3.8) is 0 Å². The molecule has 0 radical (unpaired) electrons. The molecule has 3 heteroatoms. The van der Waals surface area contributed by atoms with E-state index in [1.54, 1.807) is 0 Å². The van der Waals surface area contributed by atoms with E-state index in [9.17, 15) is 0 Å². The molecule has 3 atom stereocenters. The van der Waals surface area contributed by atoms with Gasteiger partial charge in [0.2, 0.25) is 0 Å². The average Bonchev–Trinajstić information content (AvgIpc) is 2.99. The van der Waals surface area contributed by atoms with Gasteiger partial charge in [0.25, 0.3) is 0 Å². The summed E-state index contributed by atoms with van der Waals surface area (Å²) < 4.78 is 5.98. The molecule has 1 heterocycles. The predicted octanol–water partition coefficient (Wildman–Crippen LogP) is 3.47. The van der Waals surface area contributed by atoms with Crippen LogP contribution in [0.1, 0.15) is 57.6 Å². The third-order valence-electron chi connectivity index (χ3n) is 5.34. The molecule has 0 amide bonds. The SMILES string of the molecule is CCOC1CC(N[C@H](C)c2ccncc2)C12CCCC2. The second kappa shape index (κ2) is 5.82. The summed E-state index contributed by atoms with van der Waals surface area (Å²) in [7, 11) is 0. The Morgan fingerprint density at radius 2 is 2.05 bits per heavy atom. The van der Waals surface area contributed by atoms with Gasteiger partial charge in [-0.15, -0.1) is 0 Å². The van der Waals surface area contributed by atoms with Crippen molar-refractivity contribution >= 4 is 0 Å². The quantitative estimate of drug-likeness (QED) is 0.892. The molecule has 2 aliphatic rings. The Hall–Kier alpha value is -0.930. The Morgan fingerprint density at radius 1 is 1.35 bits per heavy atom. The lowest BCUT2D eigenvalue weighted by atomic mass is 9.60. The van der Waals surface area contributed by atoms with Crippen molar-refractivity contribution in [3.05, 3.63) is 30.1 Å². The minimum atomic E-state index is 0.392. The van der Waals surface area contributed by atoms with Gasteiger partial charge in [-0.05, 0) is 50.8 Å². The molecule has 0 aliphatic heterocycles. The highest BCUT2D eigenvalue weighted by Gasteiger charge is 2.56. The van der Waals surface area contributed by atoms with Crippen LogP contribution in [0.15, 0.2) is 24.5 Å². The fourth-order valence-electron chi connectivity index (χ4n) is 4.17. The van der Waals surface area contributed by atoms with E-state index in [0.29, 0.717) is 23.6 Å². The molecule has 1 aromatic heterocycles. The van der Waals surface area contributed by atoms with Crippen molar-refractivity contribution in [2.24, 2.45) is 5.41 Å². The van der Waals surface area contributed by atoms with Crippen LogP contribution in [0.25, 0.3) is 0 Å². The van der Waals surface area contributed by atoms with Crippen molar-refractivity contribution in [2.45, 2.75) is 64.1 Å². The third kappa shape index (κ3) is 2.38. The van der Waals surface area contributed by atoms with Gasteiger partial charge in [0.05, 0.1) is 6.10 Å². The van der Waals surface area contributed by atoms with Crippen LogP contribution < -0.4 is 5.32 Å². The Bertz CT molecular complexity index is 428. The first-order chi connectivity index (χ1) is 9.76. The third-order valence-corrected chi connectivity index (χ3v) is 5.34. The summed E-state index contributed by atoms with van der Waals surface area (Å²) >= 11 is 0. The topological polar surface area (TPSA) is 34.1 Å². The first-order valence-corrected chi connectivity index (χ1v) is 8.04. The maximum atomic E-state index is 5.98. The summed E-state index contributed by atoms with van der Waals surface area (Å²) in [5.74, 6) is 0. The zero-order chi connectivity index (χ0) is 14.0. The van der Waals surface area contributed by atoms with Gasteiger partial charge >= 0.3 is 0 Å². The summed E-state index contributed by atoms with van der Waals surface area (Å²) in [5, 5.41) is 3.85. The number of pyridine rings is 1. The maximum absolute atomic E-state index is 5.98. The van der Waals surface area contributed by atoms with Crippen molar-refractivity contribution in [1.82, 2.24) is 10.3 Å². The fraction of sp³-hybridized carbons (Fsp3) is 0.706. The number of hydrogen-bond acceptors (Lipinski definition) is 3. The summed E-state index contributed by atoms with van der Waals surface area (Å²) in [4.78, 5) is 4.10. The van der Waals surface area contributed by atoms with E-state index < -0.39 is 0 Å². The van der Waals surface area contributed by atoms with Crippen molar-refractivity contribution in [3.8, 4) is 0 Å². The van der Waals surface area contributed by atoms with E-state index in [-0.39, 0.29) is 0 Å². The van der Waals surface area contributed by atoms with E-state index in [2.05, 4.69) is 36.3 Å². The highest BCUT2D eigenvalue weighted by atomic mass is 16.5. The lowest BCUT2D eigenvalue weighted by Gasteiger charge is -2.55. The lowest BCUT2D eigenvalue weighted by Crippen LogP contribution is -2.63. The number of ether oxygens (including phenoxy) is 1. The van der Waals surface area contributed by atoms with Gasteiger partial charge < -0.3 is 10.1 Å². The Balaban J connectivity index is 1.66.